The molecule has 9 heteroatoms. The first kappa shape index (κ1) is 19.3. The normalized spacial score (nSPS) is 10.4. The average Bonchev–Trinajstić information content (AvgIpc) is 3.13. The van der Waals surface area contributed by atoms with Crippen molar-refractivity contribution in [2.45, 2.75) is 10.9 Å². The van der Waals surface area contributed by atoms with Crippen LogP contribution in [-0.2, 0) is 11.3 Å². The van der Waals surface area contributed by atoms with Crippen molar-refractivity contribution in [1.82, 2.24) is 15.5 Å². The molecule has 27 heavy (non-hydrogen) atoms. The van der Waals surface area contributed by atoms with Crippen LogP contribution in [0.3, 0.4) is 0 Å². The van der Waals surface area contributed by atoms with Crippen molar-refractivity contribution >= 4 is 51.6 Å². The number of hydrogen-bond donors (Lipinski definition) is 2. The smallest absolute Gasteiger partial charge is 0.257 e. The molecule has 0 radical (unpaired) electrons. The summed E-state index contributed by atoms with van der Waals surface area (Å²) in [5.41, 5.74) is 1.40. The van der Waals surface area contributed by atoms with Gasteiger partial charge in [0.1, 0.15) is 0 Å². The minimum Gasteiger partial charge on any atom is -0.351 e. The molecular weight excluding hydrogens is 404 g/mol. The molecule has 0 bridgehead atoms. The Kier molecular flexibility index (Phi) is 6.80. The zero-order chi connectivity index (χ0) is 19.1. The first-order valence-electron chi connectivity index (χ1n) is 7.94. The second-order valence-corrected chi connectivity index (χ2v) is 7.96. The highest BCUT2D eigenvalue weighted by Crippen LogP contribution is 2.25. The van der Waals surface area contributed by atoms with E-state index >= 15 is 0 Å². The van der Waals surface area contributed by atoms with Crippen LogP contribution in [0.1, 0.15) is 15.9 Å². The Balaban J connectivity index is 1.46. The Bertz CT molecular complexity index is 934. The van der Waals surface area contributed by atoms with Crippen LogP contribution < -0.4 is 10.6 Å². The van der Waals surface area contributed by atoms with E-state index in [0.29, 0.717) is 26.6 Å². The van der Waals surface area contributed by atoms with Gasteiger partial charge in [-0.1, -0.05) is 71.1 Å². The van der Waals surface area contributed by atoms with Gasteiger partial charge in [-0.2, -0.15) is 0 Å². The summed E-state index contributed by atoms with van der Waals surface area (Å²) in [5, 5.41) is 14.4. The topological polar surface area (TPSA) is 84.0 Å². The summed E-state index contributed by atoms with van der Waals surface area (Å²) in [6.45, 7) is 0.369. The quantitative estimate of drug-likeness (QED) is 0.449. The maximum atomic E-state index is 12.1. The van der Waals surface area contributed by atoms with E-state index < -0.39 is 0 Å². The molecule has 138 valence electrons. The maximum absolute atomic E-state index is 12.1. The fraction of sp³-hybridized carbons (Fsp3) is 0.111. The van der Waals surface area contributed by atoms with Crippen LogP contribution >= 0.6 is 34.7 Å². The van der Waals surface area contributed by atoms with Gasteiger partial charge in [0, 0.05) is 17.1 Å². The molecule has 0 aliphatic heterocycles. The third-order valence-electron chi connectivity index (χ3n) is 3.42. The molecule has 0 aliphatic rings. The first-order chi connectivity index (χ1) is 13.1. The SMILES string of the molecule is O=C(CSc1nnc(NC(=O)c2ccccc2)s1)NCc1ccccc1Cl. The molecule has 0 saturated carbocycles. The standard InChI is InChI=1S/C18H15ClN4O2S2/c19-14-9-5-4-8-13(14)10-20-15(24)11-26-18-23-22-17(27-18)21-16(25)12-6-2-1-3-7-12/h1-9H,10-11H2,(H,20,24)(H,21,22,25). The number of hydrogen-bond acceptors (Lipinski definition) is 6. The summed E-state index contributed by atoms with van der Waals surface area (Å²) in [4.78, 5) is 24.1. The molecule has 1 heterocycles. The van der Waals surface area contributed by atoms with Crippen LogP contribution in [0.2, 0.25) is 5.02 Å². The van der Waals surface area contributed by atoms with Crippen LogP contribution in [0.15, 0.2) is 58.9 Å². The minimum absolute atomic E-state index is 0.134. The Morgan fingerprint density at radius 1 is 1.04 bits per heavy atom. The monoisotopic (exact) mass is 418 g/mol. The predicted octanol–water partition coefficient (Wildman–Crippen LogP) is 3.85. The lowest BCUT2D eigenvalue weighted by Gasteiger charge is -2.05. The molecule has 2 N–H and O–H groups in total. The Hall–Kier alpha value is -2.42. The molecular formula is C18H15ClN4O2S2. The molecule has 3 aromatic rings. The van der Waals surface area contributed by atoms with Crippen LogP contribution in [0.5, 0.6) is 0 Å². The van der Waals surface area contributed by atoms with Crippen LogP contribution in [0.4, 0.5) is 5.13 Å². The van der Waals surface area contributed by atoms with Gasteiger partial charge in [-0.3, -0.25) is 14.9 Å². The number of benzene rings is 2. The number of nitrogens with one attached hydrogen (secondary N) is 2. The van der Waals surface area contributed by atoms with Crippen molar-refractivity contribution in [2.24, 2.45) is 0 Å². The molecule has 2 amide bonds. The second kappa shape index (κ2) is 9.50. The summed E-state index contributed by atoms with van der Waals surface area (Å²) in [7, 11) is 0. The highest BCUT2D eigenvalue weighted by Gasteiger charge is 2.12. The van der Waals surface area contributed by atoms with E-state index in [-0.39, 0.29) is 17.6 Å². The zero-order valence-electron chi connectivity index (χ0n) is 14.0. The van der Waals surface area contributed by atoms with E-state index in [9.17, 15) is 9.59 Å². The molecule has 0 fully saturated rings. The van der Waals surface area contributed by atoms with Gasteiger partial charge in [0.25, 0.3) is 5.91 Å². The fourth-order valence-electron chi connectivity index (χ4n) is 2.09. The lowest BCUT2D eigenvalue weighted by atomic mass is 10.2. The van der Waals surface area contributed by atoms with E-state index in [1.54, 1.807) is 30.3 Å². The number of anilines is 1. The van der Waals surface area contributed by atoms with Gasteiger partial charge >= 0.3 is 0 Å². The fourth-order valence-corrected chi connectivity index (χ4v) is 3.87. The summed E-state index contributed by atoms with van der Waals surface area (Å²) >= 11 is 8.54. The number of nitrogens with zero attached hydrogens (tertiary/aromatic N) is 2. The number of halogens is 1. The largest absolute Gasteiger partial charge is 0.351 e. The molecule has 0 atom stereocenters. The predicted molar refractivity (Wildman–Crippen MR) is 108 cm³/mol. The van der Waals surface area contributed by atoms with Gasteiger partial charge in [-0.05, 0) is 23.8 Å². The molecule has 0 aliphatic carbocycles. The van der Waals surface area contributed by atoms with Gasteiger partial charge in [0.05, 0.1) is 5.75 Å². The van der Waals surface area contributed by atoms with Crippen molar-refractivity contribution in [3.05, 3.63) is 70.7 Å². The van der Waals surface area contributed by atoms with Gasteiger partial charge in [-0.25, -0.2) is 0 Å². The van der Waals surface area contributed by atoms with Gasteiger partial charge in [0.2, 0.25) is 11.0 Å². The highest BCUT2D eigenvalue weighted by molar-refractivity contribution is 8.01. The third-order valence-corrected chi connectivity index (χ3v) is 5.76. The molecule has 0 spiro atoms. The number of rotatable bonds is 7. The summed E-state index contributed by atoms with van der Waals surface area (Å²) in [6.07, 6.45) is 0. The van der Waals surface area contributed by atoms with Gasteiger partial charge in [0.15, 0.2) is 4.34 Å². The summed E-state index contributed by atoms with van der Waals surface area (Å²) in [6, 6.07) is 16.2. The first-order valence-corrected chi connectivity index (χ1v) is 10.1. The van der Waals surface area contributed by atoms with Crippen molar-refractivity contribution in [3.63, 3.8) is 0 Å². The molecule has 2 aromatic carbocycles. The summed E-state index contributed by atoms with van der Waals surface area (Å²) < 4.78 is 0.603. The van der Waals surface area contributed by atoms with E-state index in [2.05, 4.69) is 20.8 Å². The zero-order valence-corrected chi connectivity index (χ0v) is 16.4. The Morgan fingerprint density at radius 3 is 2.56 bits per heavy atom. The van der Waals surface area contributed by atoms with Crippen LogP contribution in [-0.4, -0.2) is 27.8 Å². The maximum Gasteiger partial charge on any atom is 0.257 e. The number of carbonyl (C=O) groups is 2. The van der Waals surface area contributed by atoms with Crippen LogP contribution in [0, 0.1) is 0 Å². The second-order valence-electron chi connectivity index (χ2n) is 5.35. The number of carbonyl (C=O) groups excluding carboxylic acids is 2. The van der Waals surface area contributed by atoms with Crippen molar-refractivity contribution in [1.29, 1.82) is 0 Å². The number of thioether (sulfide) groups is 1. The van der Waals surface area contributed by atoms with Crippen LogP contribution in [0.25, 0.3) is 0 Å². The van der Waals surface area contributed by atoms with E-state index in [1.165, 1.54) is 23.1 Å². The average molecular weight is 419 g/mol. The highest BCUT2D eigenvalue weighted by atomic mass is 35.5. The lowest BCUT2D eigenvalue weighted by Crippen LogP contribution is -2.24. The van der Waals surface area contributed by atoms with Gasteiger partial charge < -0.3 is 5.32 Å². The molecule has 1 aromatic heterocycles. The molecule has 6 nitrogen and oxygen atoms in total. The minimum atomic E-state index is -0.249. The van der Waals surface area contributed by atoms with Crippen molar-refractivity contribution in [2.75, 3.05) is 11.1 Å². The molecule has 0 saturated heterocycles. The van der Waals surface area contributed by atoms with Crippen molar-refractivity contribution in [3.8, 4) is 0 Å². The number of amides is 2. The van der Waals surface area contributed by atoms with E-state index in [1.807, 2.05) is 24.3 Å². The Morgan fingerprint density at radius 2 is 1.78 bits per heavy atom. The van der Waals surface area contributed by atoms with Crippen molar-refractivity contribution < 1.29 is 9.59 Å². The molecule has 0 unspecified atom stereocenters. The molecule has 3 rings (SSSR count). The van der Waals surface area contributed by atoms with E-state index in [0.717, 1.165) is 5.56 Å². The Labute approximate surface area is 169 Å². The third kappa shape index (κ3) is 5.78. The summed E-state index contributed by atoms with van der Waals surface area (Å²) in [5.74, 6) is -0.183. The van der Waals surface area contributed by atoms with E-state index in [4.69, 9.17) is 11.6 Å². The van der Waals surface area contributed by atoms with Gasteiger partial charge in [-0.15, -0.1) is 10.2 Å². The number of aromatic nitrogens is 2. The lowest BCUT2D eigenvalue weighted by molar-refractivity contribution is -0.118.